The Kier molecular flexibility index (Phi) is 5.48. The summed E-state index contributed by atoms with van der Waals surface area (Å²) in [5, 5.41) is 19.5. The highest BCUT2D eigenvalue weighted by molar-refractivity contribution is 6.34. The summed E-state index contributed by atoms with van der Waals surface area (Å²) in [7, 11) is 0. The second-order valence-electron chi connectivity index (χ2n) is 3.97. The molecule has 20 heavy (non-hydrogen) atoms. The maximum Gasteiger partial charge on any atom is 0.336 e. The maximum atomic E-state index is 10.9. The van der Waals surface area contributed by atoms with E-state index in [0.29, 0.717) is 6.42 Å². The van der Waals surface area contributed by atoms with E-state index in [1.165, 1.54) is 0 Å². The highest BCUT2D eigenvalue weighted by atomic mass is 35.5. The molecule has 0 aliphatic carbocycles. The van der Waals surface area contributed by atoms with Crippen LogP contribution in [-0.2, 0) is 0 Å². The summed E-state index contributed by atoms with van der Waals surface area (Å²) in [6.45, 7) is 3.55. The van der Waals surface area contributed by atoms with Gasteiger partial charge in [-0.3, -0.25) is 10.1 Å². The van der Waals surface area contributed by atoms with Crippen LogP contribution in [0.1, 0.15) is 16.8 Å². The fourth-order valence-electron chi connectivity index (χ4n) is 1.42. The fourth-order valence-corrected chi connectivity index (χ4v) is 1.66. The molecule has 3 N–H and O–H groups in total. The highest BCUT2D eigenvalue weighted by Crippen LogP contribution is 2.35. The molecule has 7 nitrogen and oxygen atoms in total. The number of nitrogens with zero attached hydrogens (tertiary/aromatic N) is 1. The number of hydrogen-bond acceptors (Lipinski definition) is 5. The van der Waals surface area contributed by atoms with Gasteiger partial charge in [0.05, 0.1) is 10.5 Å². The van der Waals surface area contributed by atoms with Gasteiger partial charge in [0, 0.05) is 12.1 Å². The third-order valence-electron chi connectivity index (χ3n) is 2.39. The van der Waals surface area contributed by atoms with Crippen LogP contribution in [0.2, 0.25) is 5.02 Å². The number of hydrogen-bond donors (Lipinski definition) is 2. The van der Waals surface area contributed by atoms with Crippen molar-refractivity contribution in [3.8, 4) is 5.75 Å². The van der Waals surface area contributed by atoms with Crippen molar-refractivity contribution < 1.29 is 19.6 Å². The molecule has 0 fully saturated rings. The van der Waals surface area contributed by atoms with Crippen LogP contribution in [0.5, 0.6) is 5.75 Å². The van der Waals surface area contributed by atoms with E-state index >= 15 is 0 Å². The van der Waals surface area contributed by atoms with Gasteiger partial charge in [-0.1, -0.05) is 17.7 Å². The number of benzene rings is 1. The Labute approximate surface area is 119 Å². The quantitative estimate of drug-likeness (QED) is 0.453. The molecule has 0 saturated heterocycles. The van der Waals surface area contributed by atoms with Crippen molar-refractivity contribution >= 4 is 23.3 Å². The van der Waals surface area contributed by atoms with E-state index in [-0.39, 0.29) is 29.0 Å². The number of rotatable bonds is 7. The molecule has 8 heteroatoms. The number of nitrogens with two attached hydrogens (primary N) is 1. The Bertz CT molecular complexity index is 547. The maximum absolute atomic E-state index is 10.9. The molecule has 0 saturated carbocycles. The zero-order valence-electron chi connectivity index (χ0n) is 10.4. The van der Waals surface area contributed by atoms with E-state index in [1.54, 1.807) is 6.08 Å². The van der Waals surface area contributed by atoms with E-state index in [9.17, 15) is 14.9 Å². The summed E-state index contributed by atoms with van der Waals surface area (Å²) in [4.78, 5) is 21.0. The van der Waals surface area contributed by atoms with Gasteiger partial charge >= 0.3 is 5.97 Å². The van der Waals surface area contributed by atoms with Crippen molar-refractivity contribution in [2.45, 2.75) is 12.5 Å². The average Bonchev–Trinajstić information content (AvgIpc) is 2.37. The summed E-state index contributed by atoms with van der Waals surface area (Å²) in [5.41, 5.74) is 4.88. The number of nitro groups is 1. The molecular formula is C12H13ClN2O5. The van der Waals surface area contributed by atoms with Crippen LogP contribution in [0.25, 0.3) is 0 Å². The van der Waals surface area contributed by atoms with E-state index < -0.39 is 16.6 Å². The highest BCUT2D eigenvalue weighted by Gasteiger charge is 2.22. The van der Waals surface area contributed by atoms with Gasteiger partial charge in [0.2, 0.25) is 0 Å². The Morgan fingerprint density at radius 1 is 1.65 bits per heavy atom. The molecule has 0 spiro atoms. The normalized spacial score (nSPS) is 11.7. The molecule has 0 aliphatic heterocycles. The van der Waals surface area contributed by atoms with Crippen molar-refractivity contribution in [3.63, 3.8) is 0 Å². The van der Waals surface area contributed by atoms with Crippen molar-refractivity contribution in [1.82, 2.24) is 0 Å². The molecule has 1 rings (SSSR count). The van der Waals surface area contributed by atoms with Crippen LogP contribution >= 0.6 is 11.6 Å². The summed E-state index contributed by atoms with van der Waals surface area (Å²) in [6, 6.07) is 1.63. The standard InChI is InChI=1S/C12H13ClN2O5/c1-2-3-8(14)6-20-10-5-7(12(16)17)4-9(11(10)13)15(18)19/h2,4-5,8H,1,3,6,14H2,(H,16,17)/t8-/m0/s1. The van der Waals surface area contributed by atoms with Gasteiger partial charge in [-0.15, -0.1) is 6.58 Å². The predicted molar refractivity (Wildman–Crippen MR) is 73.4 cm³/mol. The van der Waals surface area contributed by atoms with Gasteiger partial charge in [0.15, 0.2) is 5.02 Å². The van der Waals surface area contributed by atoms with Crippen LogP contribution < -0.4 is 10.5 Å². The Hall–Kier alpha value is -2.12. The molecule has 0 amide bonds. The Morgan fingerprint density at radius 3 is 2.80 bits per heavy atom. The second kappa shape index (κ2) is 6.88. The van der Waals surface area contributed by atoms with E-state index in [4.69, 9.17) is 27.2 Å². The lowest BCUT2D eigenvalue weighted by Crippen LogP contribution is -2.27. The lowest BCUT2D eigenvalue weighted by atomic mass is 10.2. The van der Waals surface area contributed by atoms with Crippen LogP contribution in [-0.4, -0.2) is 28.6 Å². The zero-order chi connectivity index (χ0) is 15.3. The summed E-state index contributed by atoms with van der Waals surface area (Å²) < 4.78 is 5.26. The molecule has 1 aromatic rings. The molecule has 1 aromatic carbocycles. The van der Waals surface area contributed by atoms with Gasteiger partial charge in [0.25, 0.3) is 5.69 Å². The first kappa shape index (κ1) is 15.9. The van der Waals surface area contributed by atoms with Crippen molar-refractivity contribution in [3.05, 3.63) is 45.5 Å². The minimum Gasteiger partial charge on any atom is -0.490 e. The first-order valence-electron chi connectivity index (χ1n) is 5.57. The smallest absolute Gasteiger partial charge is 0.336 e. The number of aromatic carboxylic acids is 1. The average molecular weight is 301 g/mol. The second-order valence-corrected chi connectivity index (χ2v) is 4.34. The first-order valence-corrected chi connectivity index (χ1v) is 5.95. The fraction of sp³-hybridized carbons (Fsp3) is 0.250. The molecule has 0 aliphatic rings. The van der Waals surface area contributed by atoms with Crippen molar-refractivity contribution in [1.29, 1.82) is 0 Å². The topological polar surface area (TPSA) is 116 Å². The van der Waals surface area contributed by atoms with Gasteiger partial charge in [-0.25, -0.2) is 4.79 Å². The van der Waals surface area contributed by atoms with Gasteiger partial charge < -0.3 is 15.6 Å². The van der Waals surface area contributed by atoms with Crippen molar-refractivity contribution in [2.75, 3.05) is 6.61 Å². The summed E-state index contributed by atoms with van der Waals surface area (Å²) in [6.07, 6.45) is 2.09. The number of halogens is 1. The number of nitro benzene ring substituents is 1. The van der Waals surface area contributed by atoms with Gasteiger partial charge in [0.1, 0.15) is 12.4 Å². The molecule has 0 bridgehead atoms. The van der Waals surface area contributed by atoms with E-state index in [2.05, 4.69) is 6.58 Å². The molecule has 0 heterocycles. The number of ether oxygens (including phenoxy) is 1. The SMILES string of the molecule is C=CC[C@H](N)COc1cc(C(=O)O)cc([N+](=O)[O-])c1Cl. The Morgan fingerprint density at radius 2 is 2.30 bits per heavy atom. The lowest BCUT2D eigenvalue weighted by molar-refractivity contribution is -0.384. The third kappa shape index (κ3) is 3.94. The first-order chi connectivity index (χ1) is 9.36. The minimum absolute atomic E-state index is 0.0337. The van der Waals surface area contributed by atoms with Crippen LogP contribution in [0.3, 0.4) is 0 Å². The van der Waals surface area contributed by atoms with Crippen LogP contribution in [0, 0.1) is 10.1 Å². The number of carboxylic acid groups (broad SMARTS) is 1. The minimum atomic E-state index is -1.31. The van der Waals surface area contributed by atoms with E-state index in [0.717, 1.165) is 12.1 Å². The summed E-state index contributed by atoms with van der Waals surface area (Å²) >= 11 is 5.82. The molecule has 0 unspecified atom stereocenters. The molecule has 1 atom stereocenters. The number of carboxylic acids is 1. The lowest BCUT2D eigenvalue weighted by Gasteiger charge is -2.13. The Balaban J connectivity index is 3.07. The summed E-state index contributed by atoms with van der Waals surface area (Å²) in [5.74, 6) is -1.40. The van der Waals surface area contributed by atoms with E-state index in [1.807, 2.05) is 0 Å². The van der Waals surface area contributed by atoms with Crippen molar-refractivity contribution in [2.24, 2.45) is 5.73 Å². The monoisotopic (exact) mass is 300 g/mol. The zero-order valence-corrected chi connectivity index (χ0v) is 11.2. The molecular weight excluding hydrogens is 288 g/mol. The molecule has 0 aromatic heterocycles. The largest absolute Gasteiger partial charge is 0.490 e. The van der Waals surface area contributed by atoms with Crippen LogP contribution in [0.4, 0.5) is 5.69 Å². The van der Waals surface area contributed by atoms with Crippen LogP contribution in [0.15, 0.2) is 24.8 Å². The molecule has 108 valence electrons. The van der Waals surface area contributed by atoms with Gasteiger partial charge in [-0.05, 0) is 12.5 Å². The third-order valence-corrected chi connectivity index (χ3v) is 2.77. The number of carbonyl (C=O) groups is 1. The predicted octanol–water partition coefficient (Wildman–Crippen LogP) is 2.23. The van der Waals surface area contributed by atoms with Gasteiger partial charge in [-0.2, -0.15) is 0 Å². The molecule has 0 radical (unpaired) electrons.